The van der Waals surface area contributed by atoms with Gasteiger partial charge in [0.05, 0.1) is 5.56 Å². The molecule has 3 N–H and O–H groups in total. The van der Waals surface area contributed by atoms with Gasteiger partial charge in [0, 0.05) is 17.6 Å². The summed E-state index contributed by atoms with van der Waals surface area (Å²) in [6, 6.07) is 14.0. The Morgan fingerprint density at radius 2 is 2.04 bits per heavy atom. The maximum atomic E-state index is 11.7. The summed E-state index contributed by atoms with van der Waals surface area (Å²) < 4.78 is 10.8. The van der Waals surface area contributed by atoms with Crippen LogP contribution >= 0.6 is 23.8 Å². The van der Waals surface area contributed by atoms with Gasteiger partial charge in [-0.2, -0.15) is 5.26 Å². The lowest BCUT2D eigenvalue weighted by Gasteiger charge is -2.12. The van der Waals surface area contributed by atoms with Gasteiger partial charge in [0.1, 0.15) is 24.2 Å². The summed E-state index contributed by atoms with van der Waals surface area (Å²) in [7, 11) is 1.60. The first-order valence-corrected chi connectivity index (χ1v) is 8.18. The number of carbonyl (C=O) groups is 1. The lowest BCUT2D eigenvalue weighted by Crippen LogP contribution is -2.44. The van der Waals surface area contributed by atoms with Crippen LogP contribution in [0.3, 0.4) is 0 Å². The molecule has 7 nitrogen and oxygen atoms in total. The molecule has 0 saturated carbocycles. The van der Waals surface area contributed by atoms with Crippen LogP contribution in [0.5, 0.6) is 11.5 Å². The van der Waals surface area contributed by atoms with E-state index < -0.39 is 6.09 Å². The van der Waals surface area contributed by atoms with Crippen LogP contribution in [-0.2, 0) is 11.3 Å². The summed E-state index contributed by atoms with van der Waals surface area (Å²) in [6.45, 7) is -0.121. The van der Waals surface area contributed by atoms with E-state index in [9.17, 15) is 10.1 Å². The average Bonchev–Trinajstić information content (AvgIpc) is 2.62. The molecule has 26 heavy (non-hydrogen) atoms. The number of nitrogens with one attached hydrogen (secondary N) is 3. The minimum atomic E-state index is -0.747. The third-order valence-electron chi connectivity index (χ3n) is 3.05. The van der Waals surface area contributed by atoms with Gasteiger partial charge in [0.2, 0.25) is 0 Å². The van der Waals surface area contributed by atoms with E-state index in [1.54, 1.807) is 25.2 Å². The minimum absolute atomic E-state index is 0.0662. The SMILES string of the molecule is CNNC(=S)NC(=O)OCc1cc(Oc2ccccc2)c(C#N)cc1Cl. The van der Waals surface area contributed by atoms with Crippen LogP contribution in [0.15, 0.2) is 42.5 Å². The maximum absolute atomic E-state index is 11.7. The number of para-hydroxylation sites is 1. The summed E-state index contributed by atoms with van der Waals surface area (Å²) in [4.78, 5) is 11.7. The Hall–Kier alpha value is -2.86. The average molecular weight is 391 g/mol. The highest BCUT2D eigenvalue weighted by Gasteiger charge is 2.13. The van der Waals surface area contributed by atoms with Crippen LogP contribution in [0.2, 0.25) is 5.02 Å². The van der Waals surface area contributed by atoms with Crippen LogP contribution < -0.4 is 20.9 Å². The van der Waals surface area contributed by atoms with Crippen LogP contribution in [0.25, 0.3) is 0 Å². The highest BCUT2D eigenvalue weighted by Crippen LogP contribution is 2.30. The second-order valence-electron chi connectivity index (χ2n) is 4.87. The summed E-state index contributed by atoms with van der Waals surface area (Å²) in [5.41, 5.74) is 5.85. The number of benzene rings is 2. The summed E-state index contributed by atoms with van der Waals surface area (Å²) in [5, 5.41) is 11.9. The van der Waals surface area contributed by atoms with Crippen molar-refractivity contribution in [1.29, 1.82) is 5.26 Å². The van der Waals surface area contributed by atoms with Crippen LogP contribution in [0, 0.1) is 11.3 Å². The van der Waals surface area contributed by atoms with Gasteiger partial charge in [-0.3, -0.25) is 10.7 Å². The lowest BCUT2D eigenvalue weighted by atomic mass is 10.1. The number of thiocarbonyl (C=S) groups is 1. The van der Waals surface area contributed by atoms with Crippen molar-refractivity contribution >= 4 is 35.0 Å². The fourth-order valence-corrected chi connectivity index (χ4v) is 2.31. The molecule has 134 valence electrons. The zero-order valence-corrected chi connectivity index (χ0v) is 15.3. The minimum Gasteiger partial charge on any atom is -0.456 e. The second kappa shape index (κ2) is 9.58. The fourth-order valence-electron chi connectivity index (χ4n) is 1.91. The molecule has 0 aromatic heterocycles. The van der Waals surface area contributed by atoms with Gasteiger partial charge in [-0.25, -0.2) is 10.2 Å². The zero-order chi connectivity index (χ0) is 18.9. The van der Waals surface area contributed by atoms with E-state index in [4.69, 9.17) is 33.3 Å². The highest BCUT2D eigenvalue weighted by atomic mass is 35.5. The molecule has 0 aliphatic rings. The molecular weight excluding hydrogens is 376 g/mol. The third-order valence-corrected chi connectivity index (χ3v) is 3.61. The maximum Gasteiger partial charge on any atom is 0.413 e. The monoisotopic (exact) mass is 390 g/mol. The highest BCUT2D eigenvalue weighted by molar-refractivity contribution is 7.80. The summed E-state index contributed by atoms with van der Waals surface area (Å²) >= 11 is 11.0. The van der Waals surface area contributed by atoms with Gasteiger partial charge in [-0.1, -0.05) is 29.8 Å². The zero-order valence-electron chi connectivity index (χ0n) is 13.7. The first-order valence-electron chi connectivity index (χ1n) is 7.39. The van der Waals surface area contributed by atoms with Crippen molar-refractivity contribution in [3.8, 4) is 17.6 Å². The Morgan fingerprint density at radius 1 is 1.31 bits per heavy atom. The molecule has 0 fully saturated rings. The molecule has 0 radical (unpaired) electrons. The van der Waals surface area contributed by atoms with Gasteiger partial charge in [0.25, 0.3) is 0 Å². The Kier molecular flexibility index (Phi) is 7.17. The van der Waals surface area contributed by atoms with Crippen molar-refractivity contribution in [2.24, 2.45) is 0 Å². The molecule has 0 aliphatic carbocycles. The Labute approximate surface area is 160 Å². The molecule has 0 saturated heterocycles. The molecule has 1 amide bonds. The summed E-state index contributed by atoms with van der Waals surface area (Å²) in [5.74, 6) is 0.883. The number of halogens is 1. The quantitative estimate of drug-likeness (QED) is 0.532. The number of carbonyl (C=O) groups excluding carboxylic acids is 1. The Morgan fingerprint density at radius 3 is 2.69 bits per heavy atom. The molecule has 2 aromatic rings. The number of amides is 1. The largest absolute Gasteiger partial charge is 0.456 e. The topological polar surface area (TPSA) is 95.4 Å². The third kappa shape index (κ3) is 5.60. The second-order valence-corrected chi connectivity index (χ2v) is 5.69. The van der Waals surface area contributed by atoms with Crippen molar-refractivity contribution in [3.05, 3.63) is 58.6 Å². The first-order chi connectivity index (χ1) is 12.5. The molecule has 0 spiro atoms. The molecule has 0 aliphatic heterocycles. The van der Waals surface area contributed by atoms with E-state index in [2.05, 4.69) is 16.2 Å². The normalized spacial score (nSPS) is 9.73. The molecule has 9 heteroatoms. The van der Waals surface area contributed by atoms with Crippen molar-refractivity contribution in [3.63, 3.8) is 0 Å². The number of hydrazine groups is 1. The van der Waals surface area contributed by atoms with E-state index in [1.807, 2.05) is 24.3 Å². The predicted molar refractivity (Wildman–Crippen MR) is 101 cm³/mol. The number of nitrogens with zero attached hydrogens (tertiary/aromatic N) is 1. The fraction of sp³-hybridized carbons (Fsp3) is 0.118. The van der Waals surface area contributed by atoms with Crippen LogP contribution in [0.1, 0.15) is 11.1 Å². The Bertz CT molecular complexity index is 840. The van der Waals surface area contributed by atoms with E-state index in [0.29, 0.717) is 17.1 Å². The van der Waals surface area contributed by atoms with Gasteiger partial charge in [0.15, 0.2) is 5.11 Å². The van der Waals surface area contributed by atoms with Gasteiger partial charge < -0.3 is 9.47 Å². The number of ether oxygens (including phenoxy) is 2. The predicted octanol–water partition coefficient (Wildman–Crippen LogP) is 3.24. The first kappa shape index (κ1) is 19.5. The molecule has 0 unspecified atom stereocenters. The number of alkyl carbamates (subject to hydrolysis) is 1. The lowest BCUT2D eigenvalue weighted by molar-refractivity contribution is 0.145. The number of nitriles is 1. The van der Waals surface area contributed by atoms with Crippen LogP contribution in [-0.4, -0.2) is 18.3 Å². The van der Waals surface area contributed by atoms with Crippen LogP contribution in [0.4, 0.5) is 4.79 Å². The van der Waals surface area contributed by atoms with E-state index >= 15 is 0 Å². The number of rotatable bonds is 5. The van der Waals surface area contributed by atoms with E-state index in [0.717, 1.165) is 0 Å². The molecular formula is C17H15ClN4O3S. The van der Waals surface area contributed by atoms with Gasteiger partial charge in [-0.15, -0.1) is 0 Å². The van der Waals surface area contributed by atoms with Crippen molar-refractivity contribution < 1.29 is 14.3 Å². The molecule has 2 aromatic carbocycles. The smallest absolute Gasteiger partial charge is 0.413 e. The molecule has 2 rings (SSSR count). The van der Waals surface area contributed by atoms with Crippen molar-refractivity contribution in [1.82, 2.24) is 16.2 Å². The number of hydrogen-bond donors (Lipinski definition) is 3. The van der Waals surface area contributed by atoms with E-state index in [1.165, 1.54) is 6.07 Å². The van der Waals surface area contributed by atoms with Crippen molar-refractivity contribution in [2.75, 3.05) is 7.05 Å². The Balaban J connectivity index is 2.11. The standard InChI is InChI=1S/C17H15ClN4O3S/c1-20-22-16(26)21-17(23)24-10-12-8-15(11(9-19)7-14(12)18)25-13-5-3-2-4-6-13/h2-8,20H,10H2,1H3,(H2,21,22,23,26). The summed E-state index contributed by atoms with van der Waals surface area (Å²) in [6.07, 6.45) is -0.747. The molecule has 0 heterocycles. The molecule has 0 atom stereocenters. The van der Waals surface area contributed by atoms with E-state index in [-0.39, 0.29) is 22.3 Å². The number of hydrogen-bond acceptors (Lipinski definition) is 6. The molecule has 0 bridgehead atoms. The van der Waals surface area contributed by atoms with Crippen molar-refractivity contribution in [2.45, 2.75) is 6.61 Å². The van der Waals surface area contributed by atoms with Gasteiger partial charge >= 0.3 is 6.09 Å². The van der Waals surface area contributed by atoms with Gasteiger partial charge in [-0.05, 0) is 36.5 Å².